The fourth-order valence-electron chi connectivity index (χ4n) is 5.89. The second-order valence-corrected chi connectivity index (χ2v) is 9.22. The summed E-state index contributed by atoms with van der Waals surface area (Å²) < 4.78 is 0. The largest absolute Gasteiger partial charge is 0.343 e. The molecule has 4 nitrogen and oxygen atoms in total. The molecule has 5 rings (SSSR count). The van der Waals surface area contributed by atoms with Crippen LogP contribution < -0.4 is 0 Å². The van der Waals surface area contributed by atoms with Crippen LogP contribution in [0.2, 0.25) is 0 Å². The molecule has 1 spiro atoms. The maximum atomic E-state index is 12.9. The number of hydrogen-bond donors (Lipinski definition) is 0. The minimum absolute atomic E-state index is 0.111. The van der Waals surface area contributed by atoms with E-state index >= 15 is 0 Å². The average Bonchev–Trinajstić information content (AvgIpc) is 3.43. The van der Waals surface area contributed by atoms with Crippen molar-refractivity contribution in [3.63, 3.8) is 0 Å². The van der Waals surface area contributed by atoms with Crippen LogP contribution in [0.25, 0.3) is 0 Å². The zero-order chi connectivity index (χ0) is 20.6. The molecule has 1 aliphatic carbocycles. The number of piperidine rings is 1. The van der Waals surface area contributed by atoms with Gasteiger partial charge in [-0.2, -0.15) is 0 Å². The maximum Gasteiger partial charge on any atom is 0.253 e. The van der Waals surface area contributed by atoms with Crippen LogP contribution in [-0.2, 0) is 10.2 Å². The van der Waals surface area contributed by atoms with Crippen LogP contribution in [0.3, 0.4) is 0 Å². The molecule has 2 fully saturated rings. The highest BCUT2D eigenvalue weighted by molar-refractivity contribution is 5.94. The predicted molar refractivity (Wildman–Crippen MR) is 117 cm³/mol. The van der Waals surface area contributed by atoms with Crippen molar-refractivity contribution in [2.24, 2.45) is 0 Å². The van der Waals surface area contributed by atoms with Crippen molar-refractivity contribution in [2.45, 2.75) is 49.9 Å². The van der Waals surface area contributed by atoms with Crippen LogP contribution in [0.4, 0.5) is 0 Å². The number of hydrogen-bond acceptors (Lipinski definition) is 2. The minimum Gasteiger partial charge on any atom is -0.343 e. The Kier molecular flexibility index (Phi) is 5.10. The van der Waals surface area contributed by atoms with Crippen molar-refractivity contribution >= 4 is 11.8 Å². The molecule has 0 N–H and O–H groups in total. The van der Waals surface area contributed by atoms with Crippen molar-refractivity contribution in [1.29, 1.82) is 0 Å². The van der Waals surface area contributed by atoms with Crippen molar-refractivity contribution in [3.05, 3.63) is 71.3 Å². The van der Waals surface area contributed by atoms with E-state index in [1.54, 1.807) is 0 Å². The highest BCUT2D eigenvalue weighted by atomic mass is 16.2. The number of carbonyl (C=O) groups is 2. The fourth-order valence-corrected chi connectivity index (χ4v) is 5.89. The molecule has 0 saturated carbocycles. The van der Waals surface area contributed by atoms with Gasteiger partial charge >= 0.3 is 0 Å². The highest BCUT2D eigenvalue weighted by Gasteiger charge is 2.46. The molecule has 3 aliphatic rings. The second kappa shape index (κ2) is 7.90. The number of fused-ring (bicyclic) bond motifs is 2. The van der Waals surface area contributed by atoms with E-state index in [2.05, 4.69) is 29.2 Å². The molecule has 2 aromatic rings. The summed E-state index contributed by atoms with van der Waals surface area (Å²) in [6, 6.07) is 18.3. The van der Waals surface area contributed by atoms with E-state index < -0.39 is 0 Å². The number of likely N-dealkylation sites (tertiary alicyclic amines) is 2. The summed E-state index contributed by atoms with van der Waals surface area (Å²) in [5.41, 5.74) is 3.68. The van der Waals surface area contributed by atoms with Crippen LogP contribution in [0.15, 0.2) is 54.6 Å². The number of rotatable bonds is 3. The maximum absolute atomic E-state index is 12.9. The van der Waals surface area contributed by atoms with Gasteiger partial charge in [-0.25, -0.2) is 0 Å². The van der Waals surface area contributed by atoms with Gasteiger partial charge in [0, 0.05) is 38.2 Å². The lowest BCUT2D eigenvalue weighted by Gasteiger charge is -2.40. The van der Waals surface area contributed by atoms with Crippen LogP contribution in [-0.4, -0.2) is 47.8 Å². The van der Waals surface area contributed by atoms with E-state index in [9.17, 15) is 9.59 Å². The summed E-state index contributed by atoms with van der Waals surface area (Å²) in [7, 11) is 0. The molecule has 30 heavy (non-hydrogen) atoms. The Bertz CT molecular complexity index is 925. The van der Waals surface area contributed by atoms with Gasteiger partial charge in [0.25, 0.3) is 5.91 Å². The van der Waals surface area contributed by atoms with Gasteiger partial charge in [-0.1, -0.05) is 42.5 Å². The Morgan fingerprint density at radius 2 is 1.50 bits per heavy atom. The summed E-state index contributed by atoms with van der Waals surface area (Å²) in [4.78, 5) is 29.8. The van der Waals surface area contributed by atoms with Gasteiger partial charge < -0.3 is 9.80 Å². The molecule has 1 unspecified atom stereocenters. The molecule has 1 atom stereocenters. The normalized spacial score (nSPS) is 22.3. The van der Waals surface area contributed by atoms with E-state index in [1.165, 1.54) is 11.1 Å². The number of benzene rings is 2. The minimum atomic E-state index is 0.111. The lowest BCUT2D eigenvalue weighted by molar-refractivity contribution is -0.130. The standard InChI is InChI=1S/C26H30N2O2/c29-24(27-14-6-7-15-27)18-21-19-26(23-11-5-4-10-22(21)23)12-16-28(17-13-26)25(30)20-8-2-1-3-9-20/h1-5,8-11,21H,6-7,12-19H2. The monoisotopic (exact) mass is 402 g/mol. The third-order valence-corrected chi connectivity index (χ3v) is 7.52. The Morgan fingerprint density at radius 3 is 2.23 bits per heavy atom. The number of amides is 2. The Balaban J connectivity index is 1.31. The first-order valence-corrected chi connectivity index (χ1v) is 11.4. The predicted octanol–water partition coefficient (Wildman–Crippen LogP) is 4.36. The molecular formula is C26H30N2O2. The molecule has 156 valence electrons. The summed E-state index contributed by atoms with van der Waals surface area (Å²) >= 11 is 0. The van der Waals surface area contributed by atoms with Gasteiger partial charge in [0.1, 0.15) is 0 Å². The van der Waals surface area contributed by atoms with Gasteiger partial charge in [-0.15, -0.1) is 0 Å². The van der Waals surface area contributed by atoms with Gasteiger partial charge in [0.2, 0.25) is 5.91 Å². The summed E-state index contributed by atoms with van der Waals surface area (Å²) in [6.07, 6.45) is 5.92. The van der Waals surface area contributed by atoms with E-state index in [0.717, 1.165) is 63.8 Å². The van der Waals surface area contributed by atoms with Crippen LogP contribution >= 0.6 is 0 Å². The fraction of sp³-hybridized carbons (Fsp3) is 0.462. The zero-order valence-corrected chi connectivity index (χ0v) is 17.6. The first-order valence-electron chi connectivity index (χ1n) is 11.4. The molecule has 2 amide bonds. The Hall–Kier alpha value is -2.62. The van der Waals surface area contributed by atoms with E-state index in [1.807, 2.05) is 35.2 Å². The summed E-state index contributed by atoms with van der Waals surface area (Å²) in [6.45, 7) is 3.42. The summed E-state index contributed by atoms with van der Waals surface area (Å²) in [5.74, 6) is 0.768. The van der Waals surface area contributed by atoms with Crippen molar-refractivity contribution < 1.29 is 9.59 Å². The summed E-state index contributed by atoms with van der Waals surface area (Å²) in [5, 5.41) is 0. The quantitative estimate of drug-likeness (QED) is 0.765. The smallest absolute Gasteiger partial charge is 0.253 e. The van der Waals surface area contributed by atoms with E-state index in [-0.39, 0.29) is 11.3 Å². The Labute approximate surface area is 178 Å². The molecule has 2 aliphatic heterocycles. The lowest BCUT2D eigenvalue weighted by Crippen LogP contribution is -2.44. The van der Waals surface area contributed by atoms with Crippen molar-refractivity contribution in [1.82, 2.24) is 9.80 Å². The molecular weight excluding hydrogens is 372 g/mol. The van der Waals surface area contributed by atoms with E-state index in [4.69, 9.17) is 0 Å². The lowest BCUT2D eigenvalue weighted by atomic mass is 9.73. The van der Waals surface area contributed by atoms with Crippen LogP contribution in [0, 0.1) is 0 Å². The number of carbonyl (C=O) groups excluding carboxylic acids is 2. The third-order valence-electron chi connectivity index (χ3n) is 7.52. The van der Waals surface area contributed by atoms with Crippen molar-refractivity contribution in [3.8, 4) is 0 Å². The highest BCUT2D eigenvalue weighted by Crippen LogP contribution is 2.52. The van der Waals surface area contributed by atoms with Gasteiger partial charge in [-0.05, 0) is 66.7 Å². The molecule has 4 heteroatoms. The molecule has 2 saturated heterocycles. The first kappa shape index (κ1) is 19.3. The molecule has 0 aromatic heterocycles. The van der Waals surface area contributed by atoms with E-state index in [0.29, 0.717) is 18.2 Å². The molecule has 2 aromatic carbocycles. The van der Waals surface area contributed by atoms with Gasteiger partial charge in [0.15, 0.2) is 0 Å². The number of nitrogens with zero attached hydrogens (tertiary/aromatic N) is 2. The van der Waals surface area contributed by atoms with Crippen LogP contribution in [0.5, 0.6) is 0 Å². The molecule has 2 heterocycles. The van der Waals surface area contributed by atoms with Crippen LogP contribution in [0.1, 0.15) is 65.9 Å². The zero-order valence-electron chi connectivity index (χ0n) is 17.6. The molecule has 0 bridgehead atoms. The third kappa shape index (κ3) is 3.42. The topological polar surface area (TPSA) is 40.6 Å². The van der Waals surface area contributed by atoms with Gasteiger partial charge in [-0.3, -0.25) is 9.59 Å². The van der Waals surface area contributed by atoms with Crippen molar-refractivity contribution in [2.75, 3.05) is 26.2 Å². The average molecular weight is 403 g/mol. The SMILES string of the molecule is O=C(CC1CC2(CCN(C(=O)c3ccccc3)CC2)c2ccccc21)N1CCCC1. The first-order chi connectivity index (χ1) is 14.7. The molecule has 0 radical (unpaired) electrons. The van der Waals surface area contributed by atoms with Gasteiger partial charge in [0.05, 0.1) is 0 Å². The second-order valence-electron chi connectivity index (χ2n) is 9.22. The Morgan fingerprint density at radius 1 is 0.833 bits per heavy atom.